The van der Waals surface area contributed by atoms with E-state index in [0.717, 1.165) is 11.4 Å². The molecular formula is C19H21N5. The molecule has 0 aliphatic heterocycles. The van der Waals surface area contributed by atoms with E-state index in [4.69, 9.17) is 0 Å². The van der Waals surface area contributed by atoms with Crippen molar-refractivity contribution in [3.8, 4) is 0 Å². The molecule has 0 atom stereocenters. The summed E-state index contributed by atoms with van der Waals surface area (Å²) in [5, 5.41) is 14.6. The molecule has 122 valence electrons. The lowest BCUT2D eigenvalue weighted by molar-refractivity contribution is 0.982. The highest BCUT2D eigenvalue weighted by Crippen LogP contribution is 2.22. The van der Waals surface area contributed by atoms with Crippen LogP contribution in [0.25, 0.3) is 0 Å². The Balaban J connectivity index is 1.81. The predicted molar refractivity (Wildman–Crippen MR) is 98.2 cm³/mol. The molecule has 0 aliphatic carbocycles. The Labute approximate surface area is 142 Å². The van der Waals surface area contributed by atoms with Gasteiger partial charge in [-0.15, -0.1) is 5.10 Å². The summed E-state index contributed by atoms with van der Waals surface area (Å²) in [4.78, 5) is 4.49. The van der Waals surface area contributed by atoms with E-state index in [9.17, 15) is 0 Å². The first kappa shape index (κ1) is 15.9. The van der Waals surface area contributed by atoms with Crippen LogP contribution in [0.4, 0.5) is 23.1 Å². The fraction of sp³-hybridized carbons (Fsp3) is 0.211. The van der Waals surface area contributed by atoms with Gasteiger partial charge in [0.05, 0.1) is 6.20 Å². The molecule has 0 unspecified atom stereocenters. The quantitative estimate of drug-likeness (QED) is 0.736. The van der Waals surface area contributed by atoms with Gasteiger partial charge in [-0.2, -0.15) is 10.1 Å². The summed E-state index contributed by atoms with van der Waals surface area (Å²) in [7, 11) is 0. The summed E-state index contributed by atoms with van der Waals surface area (Å²) in [5.41, 5.74) is 6.87. The molecule has 1 aromatic heterocycles. The number of rotatable bonds is 4. The van der Waals surface area contributed by atoms with Crippen molar-refractivity contribution in [2.24, 2.45) is 0 Å². The van der Waals surface area contributed by atoms with Gasteiger partial charge in [-0.05, 0) is 68.1 Å². The first-order chi connectivity index (χ1) is 11.5. The largest absolute Gasteiger partial charge is 0.339 e. The lowest BCUT2D eigenvalue weighted by Gasteiger charge is -2.11. The maximum Gasteiger partial charge on any atom is 0.249 e. The van der Waals surface area contributed by atoms with E-state index in [1.54, 1.807) is 6.20 Å². The maximum atomic E-state index is 4.49. The number of anilines is 4. The van der Waals surface area contributed by atoms with Crippen LogP contribution in [0.15, 0.2) is 42.6 Å². The van der Waals surface area contributed by atoms with Crippen molar-refractivity contribution >= 4 is 23.1 Å². The van der Waals surface area contributed by atoms with Crippen LogP contribution in [0, 0.1) is 27.7 Å². The van der Waals surface area contributed by atoms with Gasteiger partial charge in [0.25, 0.3) is 0 Å². The number of hydrogen-bond donors (Lipinski definition) is 2. The topological polar surface area (TPSA) is 62.7 Å². The van der Waals surface area contributed by atoms with E-state index < -0.39 is 0 Å². The molecule has 3 rings (SSSR count). The van der Waals surface area contributed by atoms with Crippen molar-refractivity contribution in [2.45, 2.75) is 27.7 Å². The molecule has 0 spiro atoms. The molecule has 5 nitrogen and oxygen atoms in total. The maximum absolute atomic E-state index is 4.49. The molecule has 2 aromatic carbocycles. The standard InChI is InChI=1S/C19H21N5/c1-12-8-9-16(10-14(12)3)21-19-23-18(11-20-24-19)22-17-7-5-6-13(2)15(17)4/h5-11H,1-4H3,(H2,21,22,23,24). The summed E-state index contributed by atoms with van der Waals surface area (Å²) >= 11 is 0. The third-order valence-corrected chi connectivity index (χ3v) is 4.19. The van der Waals surface area contributed by atoms with Gasteiger partial charge in [0.2, 0.25) is 5.95 Å². The number of nitrogens with zero attached hydrogens (tertiary/aromatic N) is 3. The Morgan fingerprint density at radius 3 is 2.46 bits per heavy atom. The van der Waals surface area contributed by atoms with Crippen LogP contribution >= 0.6 is 0 Å². The van der Waals surface area contributed by atoms with Gasteiger partial charge in [0.15, 0.2) is 5.82 Å². The molecule has 0 saturated heterocycles. The number of aryl methyl sites for hydroxylation is 3. The second-order valence-corrected chi connectivity index (χ2v) is 5.96. The molecule has 0 amide bonds. The van der Waals surface area contributed by atoms with Crippen LogP contribution in [0.5, 0.6) is 0 Å². The number of benzene rings is 2. The Hall–Kier alpha value is -2.95. The summed E-state index contributed by atoms with van der Waals surface area (Å²) in [6.07, 6.45) is 1.62. The Morgan fingerprint density at radius 2 is 1.67 bits per heavy atom. The van der Waals surface area contributed by atoms with Crippen LogP contribution in [0.1, 0.15) is 22.3 Å². The van der Waals surface area contributed by atoms with Crippen molar-refractivity contribution < 1.29 is 0 Å². The number of aromatic nitrogens is 3. The normalized spacial score (nSPS) is 10.5. The second-order valence-electron chi connectivity index (χ2n) is 5.96. The Morgan fingerprint density at radius 1 is 0.833 bits per heavy atom. The monoisotopic (exact) mass is 319 g/mol. The lowest BCUT2D eigenvalue weighted by Crippen LogP contribution is -2.03. The van der Waals surface area contributed by atoms with Crippen LogP contribution in [-0.4, -0.2) is 15.2 Å². The highest BCUT2D eigenvalue weighted by molar-refractivity contribution is 5.63. The molecular weight excluding hydrogens is 298 g/mol. The van der Waals surface area contributed by atoms with Crippen LogP contribution < -0.4 is 10.6 Å². The first-order valence-electron chi connectivity index (χ1n) is 7.90. The van der Waals surface area contributed by atoms with E-state index in [1.165, 1.54) is 22.3 Å². The Kier molecular flexibility index (Phi) is 4.42. The zero-order chi connectivity index (χ0) is 17.1. The molecule has 0 fully saturated rings. The van der Waals surface area contributed by atoms with Crippen LogP contribution in [-0.2, 0) is 0 Å². The predicted octanol–water partition coefficient (Wildman–Crippen LogP) is 4.59. The lowest BCUT2D eigenvalue weighted by atomic mass is 10.1. The van der Waals surface area contributed by atoms with E-state index in [0.29, 0.717) is 11.8 Å². The number of nitrogens with one attached hydrogen (secondary N) is 2. The molecule has 3 aromatic rings. The van der Waals surface area contributed by atoms with Gasteiger partial charge in [-0.25, -0.2) is 0 Å². The second kappa shape index (κ2) is 6.66. The molecule has 1 heterocycles. The summed E-state index contributed by atoms with van der Waals surface area (Å²) in [6, 6.07) is 12.3. The molecule has 0 bridgehead atoms. The van der Waals surface area contributed by atoms with Gasteiger partial charge >= 0.3 is 0 Å². The van der Waals surface area contributed by atoms with Crippen molar-refractivity contribution in [2.75, 3.05) is 10.6 Å². The van der Waals surface area contributed by atoms with Gasteiger partial charge in [0, 0.05) is 11.4 Å². The summed E-state index contributed by atoms with van der Waals surface area (Å²) in [6.45, 7) is 8.34. The van der Waals surface area contributed by atoms with Crippen LogP contribution in [0.3, 0.4) is 0 Å². The van der Waals surface area contributed by atoms with Crippen molar-refractivity contribution in [1.29, 1.82) is 0 Å². The minimum Gasteiger partial charge on any atom is -0.339 e. The Bertz CT molecular complexity index is 873. The fourth-order valence-electron chi connectivity index (χ4n) is 2.39. The zero-order valence-electron chi connectivity index (χ0n) is 14.4. The first-order valence-corrected chi connectivity index (χ1v) is 7.90. The zero-order valence-corrected chi connectivity index (χ0v) is 14.4. The third kappa shape index (κ3) is 3.51. The molecule has 24 heavy (non-hydrogen) atoms. The van der Waals surface area contributed by atoms with Crippen molar-refractivity contribution in [3.05, 3.63) is 64.8 Å². The average molecular weight is 319 g/mol. The van der Waals surface area contributed by atoms with Crippen molar-refractivity contribution in [1.82, 2.24) is 15.2 Å². The van der Waals surface area contributed by atoms with Crippen molar-refractivity contribution in [3.63, 3.8) is 0 Å². The molecule has 0 aliphatic rings. The average Bonchev–Trinajstić information content (AvgIpc) is 2.56. The van der Waals surface area contributed by atoms with Gasteiger partial charge < -0.3 is 10.6 Å². The SMILES string of the molecule is Cc1ccc(Nc2nncc(Nc3cccc(C)c3C)n2)cc1C. The van der Waals surface area contributed by atoms with E-state index in [1.807, 2.05) is 18.2 Å². The van der Waals surface area contributed by atoms with Gasteiger partial charge in [0.1, 0.15) is 0 Å². The van der Waals surface area contributed by atoms with Crippen LogP contribution in [0.2, 0.25) is 0 Å². The van der Waals surface area contributed by atoms with E-state index in [2.05, 4.69) is 71.7 Å². The van der Waals surface area contributed by atoms with Gasteiger partial charge in [-0.1, -0.05) is 18.2 Å². The number of hydrogen-bond acceptors (Lipinski definition) is 5. The highest BCUT2D eigenvalue weighted by atomic mass is 15.3. The minimum atomic E-state index is 0.466. The molecule has 2 N–H and O–H groups in total. The third-order valence-electron chi connectivity index (χ3n) is 4.19. The molecule has 0 saturated carbocycles. The molecule has 0 radical (unpaired) electrons. The minimum absolute atomic E-state index is 0.466. The molecule has 5 heteroatoms. The van der Waals surface area contributed by atoms with E-state index in [-0.39, 0.29) is 0 Å². The van der Waals surface area contributed by atoms with Gasteiger partial charge in [-0.3, -0.25) is 0 Å². The summed E-state index contributed by atoms with van der Waals surface area (Å²) < 4.78 is 0. The highest BCUT2D eigenvalue weighted by Gasteiger charge is 2.05. The van der Waals surface area contributed by atoms with E-state index >= 15 is 0 Å². The smallest absolute Gasteiger partial charge is 0.249 e. The fourth-order valence-corrected chi connectivity index (χ4v) is 2.39. The summed E-state index contributed by atoms with van der Waals surface area (Å²) in [5.74, 6) is 1.12.